The smallest absolute Gasteiger partial charge is 0.0922 e. The van der Waals surface area contributed by atoms with Crippen molar-refractivity contribution in [3.8, 4) is 0 Å². The summed E-state index contributed by atoms with van der Waals surface area (Å²) in [6.07, 6.45) is 0.0682. The van der Waals surface area contributed by atoms with Crippen molar-refractivity contribution in [2.45, 2.75) is 13.0 Å². The molecule has 2 atom stereocenters. The number of benzene rings is 1. The summed E-state index contributed by atoms with van der Waals surface area (Å²) in [5.74, 6) is 0. The average Bonchev–Trinajstić information content (AvgIpc) is 2.17. The van der Waals surface area contributed by atoms with Crippen molar-refractivity contribution in [1.29, 1.82) is 0 Å². The molecule has 0 saturated carbocycles. The van der Waals surface area contributed by atoms with Gasteiger partial charge in [0.15, 0.2) is 0 Å². The third-order valence-corrected chi connectivity index (χ3v) is 2.68. The number of hydrogen-bond acceptors (Lipinski definition) is 2. The Labute approximate surface area is 78.2 Å². The molecule has 2 nitrogen and oxygen atoms in total. The van der Waals surface area contributed by atoms with Gasteiger partial charge in [0.1, 0.15) is 0 Å². The van der Waals surface area contributed by atoms with Gasteiger partial charge in [0.25, 0.3) is 0 Å². The third kappa shape index (κ3) is 1.36. The van der Waals surface area contributed by atoms with Crippen LogP contribution in [-0.2, 0) is 4.74 Å². The first-order valence-electron chi connectivity index (χ1n) is 4.54. The summed E-state index contributed by atoms with van der Waals surface area (Å²) in [4.78, 5) is 0. The molecule has 1 aliphatic rings. The maximum atomic E-state index is 9.20. The van der Waals surface area contributed by atoms with Crippen molar-refractivity contribution in [3.63, 3.8) is 0 Å². The van der Waals surface area contributed by atoms with E-state index in [4.69, 9.17) is 4.74 Å². The molecule has 2 rings (SSSR count). The quantitative estimate of drug-likeness (QED) is 0.747. The van der Waals surface area contributed by atoms with Crippen LogP contribution >= 0.6 is 0 Å². The van der Waals surface area contributed by atoms with Crippen LogP contribution in [0.3, 0.4) is 0 Å². The summed E-state index contributed by atoms with van der Waals surface area (Å²) < 4.78 is 5.46. The summed E-state index contributed by atoms with van der Waals surface area (Å²) >= 11 is 0. The number of rotatable bonds is 2. The van der Waals surface area contributed by atoms with E-state index in [0.29, 0.717) is 6.61 Å². The van der Waals surface area contributed by atoms with Crippen LogP contribution in [0.25, 0.3) is 0 Å². The first-order valence-corrected chi connectivity index (χ1v) is 4.54. The molecule has 0 amide bonds. The van der Waals surface area contributed by atoms with Crippen LogP contribution in [0.1, 0.15) is 18.6 Å². The number of ether oxygens (including phenoxy) is 1. The van der Waals surface area contributed by atoms with Gasteiger partial charge < -0.3 is 9.84 Å². The van der Waals surface area contributed by atoms with Gasteiger partial charge in [-0.05, 0) is 5.56 Å². The molecular weight excluding hydrogens is 164 g/mol. The highest BCUT2D eigenvalue weighted by Gasteiger charge is 2.44. The van der Waals surface area contributed by atoms with Gasteiger partial charge in [0, 0.05) is 5.41 Å². The van der Waals surface area contributed by atoms with Crippen molar-refractivity contribution < 1.29 is 9.84 Å². The monoisotopic (exact) mass is 178 g/mol. The molecule has 70 valence electrons. The Morgan fingerprint density at radius 1 is 1.46 bits per heavy atom. The molecule has 0 aliphatic carbocycles. The molecule has 0 bridgehead atoms. The largest absolute Gasteiger partial charge is 0.396 e. The molecule has 1 saturated heterocycles. The highest BCUT2D eigenvalue weighted by Crippen LogP contribution is 2.45. The predicted octanol–water partition coefficient (Wildman–Crippen LogP) is 1.76. The molecule has 2 heteroatoms. The van der Waals surface area contributed by atoms with Gasteiger partial charge in [0.05, 0.1) is 19.3 Å². The standard InChI is InChI=1S/C11H14O2/c1-11(7-12)8-13-10(11)9-5-3-2-4-6-9/h2-6,10,12H,7-8H2,1H3/t10-,11-/m0/s1. The van der Waals surface area contributed by atoms with E-state index in [2.05, 4.69) is 0 Å². The Morgan fingerprint density at radius 3 is 2.62 bits per heavy atom. The van der Waals surface area contributed by atoms with Crippen LogP contribution in [0.5, 0.6) is 0 Å². The van der Waals surface area contributed by atoms with Gasteiger partial charge in [-0.3, -0.25) is 0 Å². The Hall–Kier alpha value is -0.860. The van der Waals surface area contributed by atoms with Gasteiger partial charge in [-0.2, -0.15) is 0 Å². The first kappa shape index (κ1) is 8.73. The fourth-order valence-electron chi connectivity index (χ4n) is 1.71. The number of aliphatic hydroxyl groups is 1. The van der Waals surface area contributed by atoms with Gasteiger partial charge in [0.2, 0.25) is 0 Å². The molecule has 13 heavy (non-hydrogen) atoms. The second kappa shape index (κ2) is 3.13. The van der Waals surface area contributed by atoms with Crippen molar-refractivity contribution >= 4 is 0 Å². The van der Waals surface area contributed by atoms with Crippen molar-refractivity contribution in [2.75, 3.05) is 13.2 Å². The summed E-state index contributed by atoms with van der Waals surface area (Å²) in [5.41, 5.74) is 1.08. The summed E-state index contributed by atoms with van der Waals surface area (Å²) in [5, 5.41) is 9.20. The highest BCUT2D eigenvalue weighted by molar-refractivity contribution is 5.21. The second-order valence-electron chi connectivity index (χ2n) is 3.91. The fourth-order valence-corrected chi connectivity index (χ4v) is 1.71. The molecule has 0 spiro atoms. The molecular formula is C11H14O2. The Bertz CT molecular complexity index is 279. The van der Waals surface area contributed by atoms with E-state index in [9.17, 15) is 5.11 Å². The minimum Gasteiger partial charge on any atom is -0.396 e. The summed E-state index contributed by atoms with van der Waals surface area (Å²) in [6, 6.07) is 10.1. The van der Waals surface area contributed by atoms with Crippen LogP contribution in [0.2, 0.25) is 0 Å². The topological polar surface area (TPSA) is 29.5 Å². The van der Waals surface area contributed by atoms with E-state index < -0.39 is 0 Å². The van der Waals surface area contributed by atoms with E-state index in [1.165, 1.54) is 0 Å². The fraction of sp³-hybridized carbons (Fsp3) is 0.455. The van der Waals surface area contributed by atoms with E-state index in [0.717, 1.165) is 5.56 Å². The van der Waals surface area contributed by atoms with Crippen molar-refractivity contribution in [3.05, 3.63) is 35.9 Å². The summed E-state index contributed by atoms with van der Waals surface area (Å²) in [6.45, 7) is 2.89. The molecule has 0 radical (unpaired) electrons. The lowest BCUT2D eigenvalue weighted by Gasteiger charge is -2.45. The van der Waals surface area contributed by atoms with Gasteiger partial charge >= 0.3 is 0 Å². The van der Waals surface area contributed by atoms with Gasteiger partial charge in [-0.25, -0.2) is 0 Å². The van der Waals surface area contributed by atoms with E-state index >= 15 is 0 Å². The molecule has 1 N–H and O–H groups in total. The van der Waals surface area contributed by atoms with Crippen LogP contribution in [0.4, 0.5) is 0 Å². The predicted molar refractivity (Wildman–Crippen MR) is 50.3 cm³/mol. The maximum absolute atomic E-state index is 9.20. The van der Waals surface area contributed by atoms with Crippen LogP contribution in [-0.4, -0.2) is 18.3 Å². The number of aliphatic hydroxyl groups excluding tert-OH is 1. The van der Waals surface area contributed by atoms with Crippen LogP contribution in [0, 0.1) is 5.41 Å². The van der Waals surface area contributed by atoms with Crippen LogP contribution < -0.4 is 0 Å². The Balaban J connectivity index is 2.20. The molecule has 0 aromatic heterocycles. The van der Waals surface area contributed by atoms with E-state index in [1.807, 2.05) is 37.3 Å². The highest BCUT2D eigenvalue weighted by atomic mass is 16.5. The molecule has 1 fully saturated rings. The van der Waals surface area contributed by atoms with Crippen molar-refractivity contribution in [1.82, 2.24) is 0 Å². The first-order chi connectivity index (χ1) is 6.26. The molecule has 0 unspecified atom stereocenters. The normalized spacial score (nSPS) is 32.6. The number of hydrogen-bond donors (Lipinski definition) is 1. The zero-order chi connectivity index (χ0) is 9.31. The van der Waals surface area contributed by atoms with Gasteiger partial charge in [-0.1, -0.05) is 37.3 Å². The summed E-state index contributed by atoms with van der Waals surface area (Å²) in [7, 11) is 0. The lowest BCUT2D eigenvalue weighted by Crippen LogP contribution is -2.45. The minimum absolute atomic E-state index is 0.0682. The van der Waals surface area contributed by atoms with E-state index in [1.54, 1.807) is 0 Å². The van der Waals surface area contributed by atoms with Crippen molar-refractivity contribution in [2.24, 2.45) is 5.41 Å². The Morgan fingerprint density at radius 2 is 2.15 bits per heavy atom. The lowest BCUT2D eigenvalue weighted by molar-refractivity contribution is -0.198. The lowest BCUT2D eigenvalue weighted by atomic mass is 9.77. The zero-order valence-electron chi connectivity index (χ0n) is 7.73. The van der Waals surface area contributed by atoms with Crippen LogP contribution in [0.15, 0.2) is 30.3 Å². The average molecular weight is 178 g/mol. The van der Waals surface area contributed by atoms with Gasteiger partial charge in [-0.15, -0.1) is 0 Å². The minimum atomic E-state index is -0.0820. The maximum Gasteiger partial charge on any atom is 0.0922 e. The Kier molecular flexibility index (Phi) is 2.10. The molecule has 1 aromatic carbocycles. The second-order valence-corrected chi connectivity index (χ2v) is 3.91. The third-order valence-electron chi connectivity index (χ3n) is 2.68. The molecule has 1 aliphatic heterocycles. The molecule has 1 heterocycles. The zero-order valence-corrected chi connectivity index (χ0v) is 7.73. The van der Waals surface area contributed by atoms with E-state index in [-0.39, 0.29) is 18.1 Å². The molecule has 1 aromatic rings. The SMILES string of the molecule is C[C@]1(CO)CO[C@H]1c1ccccc1.